The molecular formula is C18H22FN3O4S. The Labute approximate surface area is 158 Å². The van der Waals surface area contributed by atoms with Gasteiger partial charge in [0.25, 0.3) is 0 Å². The van der Waals surface area contributed by atoms with Crippen molar-refractivity contribution in [2.24, 2.45) is 0 Å². The standard InChI is InChI=1S/C18H22FN3O4S/c1-12-9-13(2)21-18(20-12)26-15-5-4-8-22(11-15)27(23,24)17-10-14(19)6-7-16(17)25-3/h6-7,9-10,15H,4-5,8,11H2,1-3H3/t15-/m0/s1. The Kier molecular flexibility index (Phi) is 5.61. The number of aromatic nitrogens is 2. The lowest BCUT2D eigenvalue weighted by Crippen LogP contribution is -2.44. The number of halogens is 1. The zero-order valence-electron chi connectivity index (χ0n) is 15.5. The minimum Gasteiger partial charge on any atom is -0.495 e. The van der Waals surface area contributed by atoms with E-state index in [1.54, 1.807) is 0 Å². The molecule has 0 saturated carbocycles. The number of piperidine rings is 1. The third kappa shape index (κ3) is 4.36. The fourth-order valence-corrected chi connectivity index (χ4v) is 4.78. The second-order valence-corrected chi connectivity index (χ2v) is 8.38. The smallest absolute Gasteiger partial charge is 0.317 e. The molecule has 3 rings (SSSR count). The van der Waals surface area contributed by atoms with E-state index in [0.717, 1.165) is 23.5 Å². The molecule has 1 aromatic carbocycles. The first-order valence-corrected chi connectivity index (χ1v) is 10.1. The monoisotopic (exact) mass is 395 g/mol. The number of nitrogens with zero attached hydrogens (tertiary/aromatic N) is 3. The zero-order valence-corrected chi connectivity index (χ0v) is 16.3. The quantitative estimate of drug-likeness (QED) is 0.774. The number of benzene rings is 1. The van der Waals surface area contributed by atoms with Crippen molar-refractivity contribution in [1.29, 1.82) is 0 Å². The fraction of sp³-hybridized carbons (Fsp3) is 0.444. The number of methoxy groups -OCH3 is 1. The summed E-state index contributed by atoms with van der Waals surface area (Å²) in [7, 11) is -2.57. The minimum absolute atomic E-state index is 0.108. The highest BCUT2D eigenvalue weighted by atomic mass is 32.2. The lowest BCUT2D eigenvalue weighted by Gasteiger charge is -2.31. The number of ether oxygens (including phenoxy) is 2. The molecule has 0 unspecified atom stereocenters. The van der Waals surface area contributed by atoms with Crippen LogP contribution in [0.1, 0.15) is 24.2 Å². The summed E-state index contributed by atoms with van der Waals surface area (Å²) in [6.07, 6.45) is 0.920. The fourth-order valence-electron chi connectivity index (χ4n) is 3.11. The number of hydrogen-bond acceptors (Lipinski definition) is 6. The summed E-state index contributed by atoms with van der Waals surface area (Å²) in [5.74, 6) is -0.528. The van der Waals surface area contributed by atoms with Crippen LogP contribution in [0.3, 0.4) is 0 Å². The second-order valence-electron chi connectivity index (χ2n) is 6.47. The second kappa shape index (κ2) is 7.77. The topological polar surface area (TPSA) is 81.6 Å². The Morgan fingerprint density at radius 3 is 2.56 bits per heavy atom. The van der Waals surface area contributed by atoms with E-state index in [0.29, 0.717) is 19.4 Å². The van der Waals surface area contributed by atoms with Gasteiger partial charge in [-0.15, -0.1) is 0 Å². The molecule has 1 saturated heterocycles. The number of aryl methyl sites for hydroxylation is 2. The average Bonchev–Trinajstić information content (AvgIpc) is 2.61. The third-order valence-electron chi connectivity index (χ3n) is 4.32. The number of rotatable bonds is 5. The van der Waals surface area contributed by atoms with Gasteiger partial charge in [0, 0.05) is 17.9 Å². The lowest BCUT2D eigenvalue weighted by molar-refractivity contribution is 0.118. The van der Waals surface area contributed by atoms with Crippen LogP contribution in [0.4, 0.5) is 4.39 Å². The van der Waals surface area contributed by atoms with Gasteiger partial charge in [-0.3, -0.25) is 0 Å². The van der Waals surface area contributed by atoms with Gasteiger partial charge in [0.05, 0.1) is 13.7 Å². The molecule has 1 aliphatic heterocycles. The van der Waals surface area contributed by atoms with Gasteiger partial charge in [0.2, 0.25) is 10.0 Å². The molecule has 0 radical (unpaired) electrons. The molecule has 0 amide bonds. The van der Waals surface area contributed by atoms with Crippen LogP contribution >= 0.6 is 0 Å². The Morgan fingerprint density at radius 2 is 1.89 bits per heavy atom. The van der Waals surface area contributed by atoms with Crippen LogP contribution in [0, 0.1) is 19.7 Å². The van der Waals surface area contributed by atoms with Crippen LogP contribution in [0.2, 0.25) is 0 Å². The van der Waals surface area contributed by atoms with Crippen molar-refractivity contribution >= 4 is 10.0 Å². The van der Waals surface area contributed by atoms with Gasteiger partial charge >= 0.3 is 6.01 Å². The van der Waals surface area contributed by atoms with Gasteiger partial charge in [0.1, 0.15) is 22.6 Å². The molecule has 2 aromatic rings. The maximum absolute atomic E-state index is 13.6. The summed E-state index contributed by atoms with van der Waals surface area (Å²) in [6, 6.07) is 5.52. The van der Waals surface area contributed by atoms with Crippen LogP contribution in [-0.4, -0.2) is 49.0 Å². The van der Waals surface area contributed by atoms with E-state index in [2.05, 4.69) is 9.97 Å². The summed E-state index contributed by atoms with van der Waals surface area (Å²) < 4.78 is 51.9. The maximum atomic E-state index is 13.6. The first kappa shape index (κ1) is 19.5. The van der Waals surface area contributed by atoms with E-state index in [-0.39, 0.29) is 29.3 Å². The van der Waals surface area contributed by atoms with Crippen molar-refractivity contribution in [2.75, 3.05) is 20.2 Å². The Hall–Kier alpha value is -2.26. The van der Waals surface area contributed by atoms with Gasteiger partial charge in [-0.1, -0.05) is 0 Å². The van der Waals surface area contributed by atoms with Crippen LogP contribution < -0.4 is 9.47 Å². The Morgan fingerprint density at radius 1 is 1.19 bits per heavy atom. The molecule has 0 bridgehead atoms. The molecule has 0 aliphatic carbocycles. The summed E-state index contributed by atoms with van der Waals surface area (Å²) >= 11 is 0. The molecule has 146 valence electrons. The van der Waals surface area contributed by atoms with Gasteiger partial charge < -0.3 is 9.47 Å². The van der Waals surface area contributed by atoms with Gasteiger partial charge in [-0.05, 0) is 51.0 Å². The van der Waals surface area contributed by atoms with Gasteiger partial charge in [-0.25, -0.2) is 22.8 Å². The minimum atomic E-state index is -3.92. The maximum Gasteiger partial charge on any atom is 0.317 e. The largest absolute Gasteiger partial charge is 0.495 e. The highest BCUT2D eigenvalue weighted by Crippen LogP contribution is 2.29. The highest BCUT2D eigenvalue weighted by molar-refractivity contribution is 7.89. The number of hydrogen-bond donors (Lipinski definition) is 0. The average molecular weight is 395 g/mol. The summed E-state index contributed by atoms with van der Waals surface area (Å²) in [4.78, 5) is 8.30. The predicted molar refractivity (Wildman–Crippen MR) is 96.9 cm³/mol. The molecule has 7 nitrogen and oxygen atoms in total. The third-order valence-corrected chi connectivity index (χ3v) is 6.20. The van der Waals surface area contributed by atoms with Gasteiger partial charge in [0.15, 0.2) is 0 Å². The summed E-state index contributed by atoms with van der Waals surface area (Å²) in [6.45, 7) is 4.15. The normalized spacial score (nSPS) is 18.3. The first-order chi connectivity index (χ1) is 12.8. The molecule has 27 heavy (non-hydrogen) atoms. The van der Waals surface area contributed by atoms with Crippen molar-refractivity contribution in [3.8, 4) is 11.8 Å². The van der Waals surface area contributed by atoms with Crippen molar-refractivity contribution < 1.29 is 22.3 Å². The Balaban J connectivity index is 1.82. The van der Waals surface area contributed by atoms with E-state index >= 15 is 0 Å². The highest BCUT2D eigenvalue weighted by Gasteiger charge is 2.33. The summed E-state index contributed by atoms with van der Waals surface area (Å²) in [5, 5.41) is 0. The number of sulfonamides is 1. The Bertz CT molecular complexity index is 916. The summed E-state index contributed by atoms with van der Waals surface area (Å²) in [5.41, 5.74) is 1.56. The van der Waals surface area contributed by atoms with Crippen molar-refractivity contribution in [1.82, 2.24) is 14.3 Å². The van der Waals surface area contributed by atoms with Crippen LogP contribution in [-0.2, 0) is 10.0 Å². The van der Waals surface area contributed by atoms with Crippen LogP contribution in [0.25, 0.3) is 0 Å². The van der Waals surface area contributed by atoms with Gasteiger partial charge in [-0.2, -0.15) is 4.31 Å². The molecule has 2 heterocycles. The zero-order chi connectivity index (χ0) is 19.6. The van der Waals surface area contributed by atoms with E-state index in [4.69, 9.17) is 9.47 Å². The molecule has 9 heteroatoms. The predicted octanol–water partition coefficient (Wildman–Crippen LogP) is 2.47. The van der Waals surface area contributed by atoms with E-state index < -0.39 is 15.8 Å². The van der Waals surface area contributed by atoms with E-state index in [1.807, 2.05) is 19.9 Å². The first-order valence-electron chi connectivity index (χ1n) is 8.62. The molecule has 1 atom stereocenters. The molecule has 0 spiro atoms. The van der Waals surface area contributed by atoms with Crippen LogP contribution in [0.5, 0.6) is 11.8 Å². The van der Waals surface area contributed by atoms with E-state index in [1.165, 1.54) is 17.5 Å². The van der Waals surface area contributed by atoms with Crippen molar-refractivity contribution in [3.63, 3.8) is 0 Å². The van der Waals surface area contributed by atoms with Crippen LogP contribution in [0.15, 0.2) is 29.2 Å². The van der Waals surface area contributed by atoms with Crippen molar-refractivity contribution in [2.45, 2.75) is 37.7 Å². The molecular weight excluding hydrogens is 373 g/mol. The van der Waals surface area contributed by atoms with E-state index in [9.17, 15) is 12.8 Å². The molecule has 1 aliphatic rings. The van der Waals surface area contributed by atoms with Crippen molar-refractivity contribution in [3.05, 3.63) is 41.5 Å². The molecule has 1 fully saturated rings. The molecule has 0 N–H and O–H groups in total. The lowest BCUT2D eigenvalue weighted by atomic mass is 10.1. The SMILES string of the molecule is COc1ccc(F)cc1S(=O)(=O)N1CCC[C@H](Oc2nc(C)cc(C)n2)C1. The molecule has 1 aromatic heterocycles.